The summed E-state index contributed by atoms with van der Waals surface area (Å²) in [5.74, 6) is -6.78. The molecule has 0 saturated carbocycles. The Balaban J connectivity index is -0.000000514. The van der Waals surface area contributed by atoms with Crippen molar-refractivity contribution in [1.29, 1.82) is 0 Å². The van der Waals surface area contributed by atoms with Crippen LogP contribution < -0.4 is 4.74 Å². The van der Waals surface area contributed by atoms with E-state index in [1.807, 2.05) is 27.7 Å². The Morgan fingerprint density at radius 3 is 0.854 bits per heavy atom. The number of ether oxygens (including phenoxy) is 3. The first-order valence-electron chi connectivity index (χ1n) is 13.9. The molecule has 1 radical (unpaired) electrons. The maximum atomic E-state index is 12.4. The molecule has 0 atom stereocenters. The van der Waals surface area contributed by atoms with Gasteiger partial charge in [-0.25, -0.2) is 17.6 Å². The van der Waals surface area contributed by atoms with E-state index >= 15 is 0 Å². The van der Waals surface area contributed by atoms with E-state index in [0.29, 0.717) is 0 Å². The number of rotatable bonds is 5. The van der Waals surface area contributed by atoms with Crippen molar-refractivity contribution in [2.75, 3.05) is 33.5 Å². The number of aromatic hydroxyl groups is 7. The van der Waals surface area contributed by atoms with Crippen LogP contribution in [0.1, 0.15) is 27.7 Å². The van der Waals surface area contributed by atoms with Gasteiger partial charge in [0.15, 0.2) is 69.3 Å². The first-order chi connectivity index (χ1) is 22.2. The molecule has 0 spiro atoms. The maximum Gasteiger partial charge on any atom is 0.194 e. The van der Waals surface area contributed by atoms with E-state index in [0.717, 1.165) is 50.7 Å². The topological polar surface area (TPSA) is 169 Å². The van der Waals surface area contributed by atoms with E-state index in [-0.39, 0.29) is 28.1 Å². The van der Waals surface area contributed by atoms with Crippen molar-refractivity contribution in [3.63, 3.8) is 0 Å². The Labute approximate surface area is 292 Å². The molecule has 0 aromatic heterocycles. The molecule has 0 aliphatic rings. The van der Waals surface area contributed by atoms with Crippen LogP contribution in [0.25, 0.3) is 0 Å². The van der Waals surface area contributed by atoms with Gasteiger partial charge in [-0.2, -0.15) is 0 Å². The van der Waals surface area contributed by atoms with Crippen LogP contribution in [0.4, 0.5) is 17.6 Å². The van der Waals surface area contributed by atoms with Crippen LogP contribution >= 0.6 is 0 Å². The molecule has 7 N–H and O–H groups in total. The summed E-state index contributed by atoms with van der Waals surface area (Å²) in [5.41, 5.74) is 0. The Morgan fingerprint density at radius 2 is 0.688 bits per heavy atom. The normalized spacial score (nSPS) is 9.02. The zero-order chi connectivity index (χ0) is 36.4. The zero-order valence-electron chi connectivity index (χ0n) is 27.1. The van der Waals surface area contributed by atoms with Crippen molar-refractivity contribution in [1.82, 2.24) is 0 Å². The molecule has 0 aliphatic heterocycles. The molecule has 4 aromatic carbocycles. The number of hydrogen-bond acceptors (Lipinski definition) is 10. The largest absolute Gasteiger partial charge is 0.504 e. The van der Waals surface area contributed by atoms with Gasteiger partial charge in [0.2, 0.25) is 0 Å². The molecule has 0 fully saturated rings. The van der Waals surface area contributed by atoms with Gasteiger partial charge < -0.3 is 50.0 Å². The number of phenols is 7. The Bertz CT molecular complexity index is 1230. The number of benzene rings is 4. The maximum absolute atomic E-state index is 12.4. The number of para-hydroxylation sites is 4. The van der Waals surface area contributed by atoms with Crippen LogP contribution in [0.3, 0.4) is 0 Å². The SMILES string of the molecule is CCOCC.CCOCC.COc1cccc(F)c1O.Oc1cccc(F)c1O.Oc1cccc(F)c1O.Oc1cccc(F)c1O.[Ta]. The molecule has 0 aliphatic carbocycles. The van der Waals surface area contributed by atoms with Crippen LogP contribution in [0.5, 0.6) is 46.0 Å². The van der Waals surface area contributed by atoms with E-state index in [1.54, 1.807) is 0 Å². The van der Waals surface area contributed by atoms with Gasteiger partial charge in [-0.3, -0.25) is 0 Å². The van der Waals surface area contributed by atoms with Gasteiger partial charge in [-0.1, -0.05) is 24.3 Å². The smallest absolute Gasteiger partial charge is 0.194 e. The summed E-state index contributed by atoms with van der Waals surface area (Å²) in [6.07, 6.45) is 0. The van der Waals surface area contributed by atoms with E-state index in [1.165, 1.54) is 55.6 Å². The predicted molar refractivity (Wildman–Crippen MR) is 168 cm³/mol. The third kappa shape index (κ3) is 20.7. The summed E-state index contributed by atoms with van der Waals surface area (Å²) in [6.45, 7) is 11.3. The fourth-order valence-corrected chi connectivity index (χ4v) is 2.58. The molecule has 0 heterocycles. The van der Waals surface area contributed by atoms with E-state index < -0.39 is 63.5 Å². The fraction of sp³-hybridized carbons (Fsp3) is 0.273. The van der Waals surface area contributed by atoms with E-state index in [9.17, 15) is 17.6 Å². The second-order valence-corrected chi connectivity index (χ2v) is 8.18. The average Bonchev–Trinajstić information content (AvgIpc) is 3.05. The molecule has 0 amide bonds. The number of halogens is 4. The summed E-state index contributed by atoms with van der Waals surface area (Å²) in [4.78, 5) is 0. The quantitative estimate of drug-likeness (QED) is 0.0798. The minimum absolute atomic E-state index is 0. The molecular formula is C33H42F4O10Ta. The minimum Gasteiger partial charge on any atom is -0.504 e. The van der Waals surface area contributed by atoms with Gasteiger partial charge in [-0.15, -0.1) is 0 Å². The van der Waals surface area contributed by atoms with Crippen molar-refractivity contribution in [2.24, 2.45) is 0 Å². The van der Waals surface area contributed by atoms with Gasteiger partial charge in [0, 0.05) is 48.8 Å². The van der Waals surface area contributed by atoms with Gasteiger partial charge in [0.1, 0.15) is 0 Å². The summed E-state index contributed by atoms with van der Waals surface area (Å²) in [5, 5.41) is 60.5. The molecule has 4 rings (SSSR count). The Hall–Kier alpha value is -4.34. The molecule has 10 nitrogen and oxygen atoms in total. The molecule has 48 heavy (non-hydrogen) atoms. The zero-order valence-corrected chi connectivity index (χ0v) is 30.3. The fourth-order valence-electron chi connectivity index (χ4n) is 2.58. The summed E-state index contributed by atoms with van der Waals surface area (Å²) >= 11 is 0. The standard InChI is InChI=1S/C7H7FO2.3C6H5FO2.2C4H10O.Ta/c1-10-6-4-2-3-5(8)7(6)9;3*7-4-2-1-3-5(8)6(4)9;2*1-3-5-4-2;/h2-4,9H,1H3;3*1-3,8-9H;2*3-4H2,1-2H3;. The molecule has 0 bridgehead atoms. The molecule has 0 saturated heterocycles. The van der Waals surface area contributed by atoms with Crippen molar-refractivity contribution in [3.8, 4) is 46.0 Å². The van der Waals surface area contributed by atoms with Crippen molar-refractivity contribution >= 4 is 0 Å². The monoisotopic (exact) mass is 855 g/mol. The summed E-state index contributed by atoms with van der Waals surface area (Å²) in [7, 11) is 1.37. The molecular weight excluding hydrogens is 813 g/mol. The predicted octanol–water partition coefficient (Wildman–Crippen LogP) is 7.33. The first-order valence-corrected chi connectivity index (χ1v) is 13.9. The first kappa shape index (κ1) is 48.1. The van der Waals surface area contributed by atoms with Crippen LogP contribution in [0.2, 0.25) is 0 Å². The number of methoxy groups -OCH3 is 1. The Morgan fingerprint density at radius 1 is 0.438 bits per heavy atom. The number of phenolic OH excluding ortho intramolecular Hbond substituents is 7. The van der Waals surface area contributed by atoms with Crippen molar-refractivity contribution in [3.05, 3.63) is 96.1 Å². The van der Waals surface area contributed by atoms with Crippen LogP contribution in [-0.2, 0) is 31.9 Å². The molecule has 15 heteroatoms. The van der Waals surface area contributed by atoms with Crippen LogP contribution in [0.15, 0.2) is 72.8 Å². The van der Waals surface area contributed by atoms with E-state index in [4.69, 9.17) is 45.2 Å². The van der Waals surface area contributed by atoms with E-state index in [2.05, 4.69) is 4.74 Å². The van der Waals surface area contributed by atoms with Crippen LogP contribution in [0, 0.1) is 23.3 Å². The van der Waals surface area contributed by atoms with Gasteiger partial charge in [-0.05, 0) is 76.2 Å². The van der Waals surface area contributed by atoms with Gasteiger partial charge >= 0.3 is 0 Å². The van der Waals surface area contributed by atoms with Gasteiger partial charge in [0.05, 0.1) is 7.11 Å². The summed E-state index contributed by atoms with van der Waals surface area (Å²) in [6, 6.07) is 14.9. The van der Waals surface area contributed by atoms with Crippen molar-refractivity contribution < 1.29 is 89.9 Å². The third-order valence-electron chi connectivity index (χ3n) is 4.88. The molecule has 267 valence electrons. The van der Waals surface area contributed by atoms with Gasteiger partial charge in [0.25, 0.3) is 0 Å². The Kier molecular flexibility index (Phi) is 28.9. The summed E-state index contributed by atoms with van der Waals surface area (Å²) < 4.78 is 63.2. The number of hydrogen-bond donors (Lipinski definition) is 7. The third-order valence-corrected chi connectivity index (χ3v) is 4.88. The second-order valence-electron chi connectivity index (χ2n) is 8.18. The molecule has 0 unspecified atom stereocenters. The van der Waals surface area contributed by atoms with Crippen LogP contribution in [-0.4, -0.2) is 69.3 Å². The molecule has 4 aromatic rings. The average molecular weight is 856 g/mol. The minimum atomic E-state index is -0.810. The van der Waals surface area contributed by atoms with Crippen molar-refractivity contribution in [2.45, 2.75) is 27.7 Å². The second kappa shape index (κ2) is 28.8.